The third kappa shape index (κ3) is 5.73. The highest BCUT2D eigenvalue weighted by Crippen LogP contribution is 2.49. The van der Waals surface area contributed by atoms with Crippen molar-refractivity contribution < 1.29 is 24.2 Å². The molecule has 0 atom stereocenters. The predicted molar refractivity (Wildman–Crippen MR) is 157 cm³/mol. The van der Waals surface area contributed by atoms with Gasteiger partial charge < -0.3 is 28.9 Å². The van der Waals surface area contributed by atoms with E-state index in [9.17, 15) is 14.7 Å². The molecule has 3 aliphatic heterocycles. The molecule has 1 amide bonds. The first-order chi connectivity index (χ1) is 20.3. The predicted octanol–water partition coefficient (Wildman–Crippen LogP) is 2.59. The van der Waals surface area contributed by atoms with Gasteiger partial charge in [0.15, 0.2) is 5.65 Å². The number of aliphatic carboxylic acids is 1. The highest BCUT2D eigenvalue weighted by Gasteiger charge is 2.54. The Morgan fingerprint density at radius 3 is 2.50 bits per heavy atom. The molecule has 5 heterocycles. The summed E-state index contributed by atoms with van der Waals surface area (Å²) in [5.74, 6) is 0.0267. The number of carboxylic acid groups (broad SMARTS) is 1. The van der Waals surface area contributed by atoms with Gasteiger partial charge in [-0.2, -0.15) is 0 Å². The average molecular weight is 577 g/mol. The summed E-state index contributed by atoms with van der Waals surface area (Å²) >= 11 is 0. The van der Waals surface area contributed by atoms with E-state index in [4.69, 9.17) is 14.5 Å². The smallest absolute Gasteiger partial charge is 0.311 e. The summed E-state index contributed by atoms with van der Waals surface area (Å²) in [6, 6.07) is 11.6. The monoisotopic (exact) mass is 576 g/mol. The summed E-state index contributed by atoms with van der Waals surface area (Å²) in [5, 5.41) is 9.63. The summed E-state index contributed by atoms with van der Waals surface area (Å²) in [7, 11) is 4.04. The van der Waals surface area contributed by atoms with E-state index in [1.54, 1.807) is 12.4 Å². The number of likely N-dealkylation sites (N-methyl/N-ethyl adjacent to an activating group) is 1. The number of piperazine rings is 1. The second-order valence-electron chi connectivity index (χ2n) is 12.3. The van der Waals surface area contributed by atoms with Gasteiger partial charge in [-0.15, -0.1) is 0 Å². The number of aromatic nitrogens is 3. The maximum Gasteiger partial charge on any atom is 0.311 e. The lowest BCUT2D eigenvalue weighted by atomic mass is 9.66. The molecule has 1 aromatic carbocycles. The summed E-state index contributed by atoms with van der Waals surface area (Å²) in [5.41, 5.74) is 1.90. The lowest BCUT2D eigenvalue weighted by Crippen LogP contribution is -2.60. The van der Waals surface area contributed by atoms with Gasteiger partial charge >= 0.3 is 5.97 Å². The number of carbonyl (C=O) groups excluding carboxylic acids is 1. The van der Waals surface area contributed by atoms with Gasteiger partial charge in [-0.05, 0) is 58.0 Å². The Kier molecular flexibility index (Phi) is 7.91. The van der Waals surface area contributed by atoms with Crippen LogP contribution in [0.25, 0.3) is 11.2 Å². The van der Waals surface area contributed by atoms with Crippen LogP contribution in [0.2, 0.25) is 0 Å². The fraction of sp³-hybridized carbons (Fsp3) is 0.548. The van der Waals surface area contributed by atoms with Crippen molar-refractivity contribution >= 4 is 23.0 Å². The molecule has 11 nitrogen and oxygen atoms in total. The fourth-order valence-electron chi connectivity index (χ4n) is 6.39. The minimum absolute atomic E-state index is 0.0762. The first-order valence-electron chi connectivity index (χ1n) is 14.8. The molecular weight excluding hydrogens is 536 g/mol. The van der Waals surface area contributed by atoms with Gasteiger partial charge in [-0.3, -0.25) is 14.5 Å². The lowest BCUT2D eigenvalue weighted by molar-refractivity contribution is -0.206. The van der Waals surface area contributed by atoms with E-state index in [1.165, 1.54) is 0 Å². The van der Waals surface area contributed by atoms with Crippen LogP contribution in [0.1, 0.15) is 41.7 Å². The number of nitrogens with zero attached hydrogens (tertiary/aromatic N) is 6. The van der Waals surface area contributed by atoms with Crippen LogP contribution in [0.3, 0.4) is 0 Å². The summed E-state index contributed by atoms with van der Waals surface area (Å²) in [6.45, 7) is 5.79. The first kappa shape index (κ1) is 28.6. The zero-order chi connectivity index (χ0) is 29.3. The van der Waals surface area contributed by atoms with Gasteiger partial charge in [-0.25, -0.2) is 9.97 Å². The molecule has 0 unspecified atom stereocenters. The zero-order valence-corrected chi connectivity index (χ0v) is 24.5. The van der Waals surface area contributed by atoms with E-state index in [-0.39, 0.29) is 11.5 Å². The normalized spacial score (nSPS) is 24.4. The molecule has 1 N–H and O–H groups in total. The number of para-hydroxylation sites is 1. The molecule has 4 fully saturated rings. The third-order valence-electron chi connectivity index (χ3n) is 9.19. The molecule has 3 saturated heterocycles. The van der Waals surface area contributed by atoms with Crippen molar-refractivity contribution in [2.24, 2.45) is 5.41 Å². The van der Waals surface area contributed by atoms with Crippen molar-refractivity contribution in [3.8, 4) is 5.75 Å². The quantitative estimate of drug-likeness (QED) is 0.389. The van der Waals surface area contributed by atoms with E-state index in [2.05, 4.69) is 14.8 Å². The number of imidazole rings is 1. The highest BCUT2D eigenvalue weighted by molar-refractivity contribution is 5.94. The molecule has 3 aromatic rings. The number of rotatable bonds is 10. The van der Waals surface area contributed by atoms with Crippen molar-refractivity contribution in [2.45, 2.75) is 37.8 Å². The molecule has 0 radical (unpaired) electrons. The molecule has 4 aliphatic rings. The topological polar surface area (TPSA) is 113 Å². The second kappa shape index (κ2) is 11.6. The fourth-order valence-corrected chi connectivity index (χ4v) is 6.39. The molecule has 224 valence electrons. The molecular formula is C31H40N6O5. The average Bonchev–Trinajstić information content (AvgIpc) is 3.40. The number of pyridine rings is 1. The molecule has 2 aromatic heterocycles. The Hall–Kier alpha value is -3.54. The van der Waals surface area contributed by atoms with E-state index in [0.29, 0.717) is 57.0 Å². The molecule has 2 bridgehead atoms. The SMILES string of the molecule is CN(C)CCOc1ccccc1Cn1cnc2ccc(C(=O)N3CCN(CC45CCC(C(=O)O)(CC4)CO5)CC3)nc21. The van der Waals surface area contributed by atoms with Gasteiger partial charge in [0.25, 0.3) is 5.91 Å². The van der Waals surface area contributed by atoms with Crippen LogP contribution in [-0.4, -0.2) is 118 Å². The van der Waals surface area contributed by atoms with Crippen molar-refractivity contribution in [3.63, 3.8) is 0 Å². The molecule has 0 spiro atoms. The highest BCUT2D eigenvalue weighted by atomic mass is 16.5. The molecule has 7 rings (SSSR count). The van der Waals surface area contributed by atoms with Crippen LogP contribution in [0.15, 0.2) is 42.7 Å². The van der Waals surface area contributed by atoms with Crippen LogP contribution < -0.4 is 4.74 Å². The number of hydrogen-bond donors (Lipinski definition) is 1. The van der Waals surface area contributed by atoms with E-state index >= 15 is 0 Å². The van der Waals surface area contributed by atoms with Crippen LogP contribution in [0.5, 0.6) is 5.75 Å². The lowest BCUT2D eigenvalue weighted by Gasteiger charge is -2.53. The second-order valence-corrected chi connectivity index (χ2v) is 12.3. The minimum Gasteiger partial charge on any atom is -0.492 e. The van der Waals surface area contributed by atoms with E-state index in [0.717, 1.165) is 55.9 Å². The van der Waals surface area contributed by atoms with Gasteiger partial charge in [0.05, 0.1) is 30.5 Å². The maximum absolute atomic E-state index is 13.5. The number of ether oxygens (including phenoxy) is 2. The number of benzene rings is 1. The molecule has 42 heavy (non-hydrogen) atoms. The van der Waals surface area contributed by atoms with Crippen molar-refractivity contribution in [2.75, 3.05) is 66.6 Å². The van der Waals surface area contributed by atoms with E-state index in [1.807, 2.05) is 53.9 Å². The van der Waals surface area contributed by atoms with Crippen molar-refractivity contribution in [1.82, 2.24) is 29.2 Å². The Morgan fingerprint density at radius 1 is 1.05 bits per heavy atom. The number of carboxylic acids is 1. The van der Waals surface area contributed by atoms with Gasteiger partial charge in [0, 0.05) is 44.8 Å². The summed E-state index contributed by atoms with van der Waals surface area (Å²) in [6.07, 6.45) is 4.69. The van der Waals surface area contributed by atoms with Gasteiger partial charge in [-0.1, -0.05) is 18.2 Å². The van der Waals surface area contributed by atoms with Gasteiger partial charge in [0.2, 0.25) is 0 Å². The molecule has 1 saturated carbocycles. The number of hydrogen-bond acceptors (Lipinski definition) is 8. The van der Waals surface area contributed by atoms with Crippen LogP contribution >= 0.6 is 0 Å². The number of amides is 1. The maximum atomic E-state index is 13.5. The number of fused-ring (bicyclic) bond motifs is 4. The Balaban J connectivity index is 1.08. The van der Waals surface area contributed by atoms with Crippen LogP contribution in [0, 0.1) is 5.41 Å². The largest absolute Gasteiger partial charge is 0.492 e. The van der Waals surface area contributed by atoms with Crippen LogP contribution in [-0.2, 0) is 16.1 Å². The number of carbonyl (C=O) groups is 2. The Bertz CT molecular complexity index is 1420. The Morgan fingerprint density at radius 2 is 1.81 bits per heavy atom. The van der Waals surface area contributed by atoms with Crippen LogP contribution in [0.4, 0.5) is 0 Å². The first-order valence-corrected chi connectivity index (χ1v) is 14.8. The van der Waals surface area contributed by atoms with Gasteiger partial charge in [0.1, 0.15) is 23.6 Å². The van der Waals surface area contributed by atoms with E-state index < -0.39 is 11.4 Å². The van der Waals surface area contributed by atoms with Crippen molar-refractivity contribution in [3.05, 3.63) is 54.0 Å². The van der Waals surface area contributed by atoms with Crippen molar-refractivity contribution in [1.29, 1.82) is 0 Å². The third-order valence-corrected chi connectivity index (χ3v) is 9.19. The Labute approximate surface area is 246 Å². The molecule has 1 aliphatic carbocycles. The molecule has 11 heteroatoms. The summed E-state index contributed by atoms with van der Waals surface area (Å²) < 4.78 is 14.2. The standard InChI is InChI=1S/C31H40N6O5/c1-34(2)17-18-41-26-6-4-3-5-23(26)19-37-22-32-24-7-8-25(33-27(24)37)28(38)36-15-13-35(14-16-36)20-31-11-9-30(10-12-31,21-42-31)29(39)40/h3-8,22H,9-21H2,1-2H3,(H,39,40). The zero-order valence-electron chi connectivity index (χ0n) is 24.5. The minimum atomic E-state index is -0.729. The summed E-state index contributed by atoms with van der Waals surface area (Å²) in [4.78, 5) is 40.8.